The fourth-order valence-electron chi connectivity index (χ4n) is 12.7. The summed E-state index contributed by atoms with van der Waals surface area (Å²) in [7, 11) is 64.5. The minimum absolute atomic E-state index is 0.0454. The van der Waals surface area contributed by atoms with Gasteiger partial charge in [-0.2, -0.15) is 0 Å². The molecule has 347 valence electrons. The van der Waals surface area contributed by atoms with E-state index in [1.165, 1.54) is 50.1 Å². The Balaban J connectivity index is 1.37. The van der Waals surface area contributed by atoms with E-state index in [-0.39, 0.29) is 83.2 Å². The second-order valence-corrected chi connectivity index (χ2v) is 25.3. The Morgan fingerprint density at radius 3 is 1.49 bits per heavy atom. The van der Waals surface area contributed by atoms with Crippen molar-refractivity contribution in [2.75, 3.05) is 14.7 Å². The van der Waals surface area contributed by atoms with E-state index in [9.17, 15) is 0 Å². The molecule has 0 saturated heterocycles. The van der Waals surface area contributed by atoms with Crippen LogP contribution in [-0.2, 0) is 21.7 Å². The lowest BCUT2D eigenvalue weighted by molar-refractivity contribution is 0.332. The van der Waals surface area contributed by atoms with E-state index in [2.05, 4.69) is 180 Å². The fraction of sp³-hybridized carbons (Fsp3) is 0.311. The van der Waals surface area contributed by atoms with Crippen molar-refractivity contribution in [2.45, 2.75) is 125 Å². The molecule has 2 bridgehead atoms. The van der Waals surface area contributed by atoms with Gasteiger partial charge in [-0.25, -0.2) is 0 Å². The van der Waals surface area contributed by atoms with Gasteiger partial charge in [0.25, 0.3) is 6.71 Å². The molecule has 0 saturated carbocycles. The average molecular weight is 949 g/mol. The summed E-state index contributed by atoms with van der Waals surface area (Å²) in [5.74, 6) is 0. The summed E-state index contributed by atoms with van der Waals surface area (Å²) in [4.78, 5) is 6.97. The maximum atomic E-state index is 7.28. The summed E-state index contributed by atoms with van der Waals surface area (Å²) < 4.78 is 0. The molecule has 7 aromatic carbocycles. The zero-order chi connectivity index (χ0) is 54.2. The van der Waals surface area contributed by atoms with Gasteiger partial charge >= 0.3 is 0 Å². The van der Waals surface area contributed by atoms with Gasteiger partial charge in [0.15, 0.2) is 7.28 Å². The van der Waals surface area contributed by atoms with Gasteiger partial charge < -0.3 is 14.7 Å². The summed E-state index contributed by atoms with van der Waals surface area (Å²) in [6, 6.07) is 27.8. The van der Waals surface area contributed by atoms with Gasteiger partial charge in [0, 0.05) is 45.5 Å². The number of fused-ring (bicyclic) bond motifs is 9. The molecule has 0 amide bonds. The highest BCUT2D eigenvalue weighted by Crippen LogP contribution is 2.52. The van der Waals surface area contributed by atoms with Crippen LogP contribution in [-0.4, -0.2) is 84.6 Å². The third kappa shape index (κ3) is 7.58. The molecule has 0 spiro atoms. The van der Waals surface area contributed by atoms with Crippen LogP contribution in [0, 0.1) is 20.8 Å². The summed E-state index contributed by atoms with van der Waals surface area (Å²) in [6.07, 6.45) is 2.17. The zero-order valence-electron chi connectivity index (χ0n) is 46.0. The molecule has 75 heavy (non-hydrogen) atoms. The molecular weight excluding hydrogens is 894 g/mol. The van der Waals surface area contributed by atoms with E-state index in [1.807, 2.05) is 4.90 Å². The molecule has 0 aromatic heterocycles. The van der Waals surface area contributed by atoms with Crippen LogP contribution in [0.4, 0.5) is 51.2 Å². The minimum Gasteiger partial charge on any atom is -0.313 e. The molecular formula is C61H55B11N3. The van der Waals surface area contributed by atoms with Crippen molar-refractivity contribution in [3.05, 3.63) is 112 Å². The summed E-state index contributed by atoms with van der Waals surface area (Å²) >= 11 is 0. The first kappa shape index (κ1) is 51.7. The molecule has 19 radical (unpaired) electrons. The standard InChI is InChI=1S/C61H55B11N3/c1-28-15-14-16-29(2)54(28)74-40-27-35-34(60(10,11)19-20-61(35,12)13)26-38(40)72-37-18-17-33-25-39(37)75(42-24-32(59(7,8)9)23-41(74)53(42)72)55-30(3)21-31(58(4,5)6)22-36(55)71-52-48(67)44(63)47(66)51(70)57(52)73(33)56-49(68)45(64)43(62)46(65)50(56)69/h14-18,21-27H,19-20H2,1-13H3. The number of hydrogen-bond acceptors (Lipinski definition) is 3. The first-order valence-electron chi connectivity index (χ1n) is 26.2. The Morgan fingerprint density at radius 2 is 0.933 bits per heavy atom. The molecule has 0 N–H and O–H groups in total. The summed E-state index contributed by atoms with van der Waals surface area (Å²) in [6.45, 7) is 29.7. The number of para-hydroxylation sites is 1. The number of aryl methyl sites for hydroxylation is 3. The molecule has 1 aliphatic carbocycles. The van der Waals surface area contributed by atoms with Crippen LogP contribution < -0.4 is 91.2 Å². The Kier molecular flexibility index (Phi) is 11.8. The number of benzene rings is 7. The lowest BCUT2D eigenvalue weighted by Gasteiger charge is -2.49. The average Bonchev–Trinajstić information content (AvgIpc) is 3.34. The Bertz CT molecular complexity index is 3630. The van der Waals surface area contributed by atoms with Crippen LogP contribution >= 0.6 is 0 Å². The Labute approximate surface area is 460 Å². The molecule has 14 heteroatoms. The molecule has 0 unspecified atom stereocenters. The molecule has 4 aliphatic rings. The molecule has 11 rings (SSSR count). The van der Waals surface area contributed by atoms with E-state index in [1.54, 1.807) is 0 Å². The number of anilines is 9. The predicted octanol–water partition coefficient (Wildman–Crippen LogP) is 2.22. The lowest BCUT2D eigenvalue weighted by Crippen LogP contribution is -2.63. The van der Waals surface area contributed by atoms with Crippen LogP contribution in [0.1, 0.15) is 121 Å². The topological polar surface area (TPSA) is 9.72 Å². The van der Waals surface area contributed by atoms with Crippen LogP contribution in [0.5, 0.6) is 0 Å². The van der Waals surface area contributed by atoms with Gasteiger partial charge in [-0.15, -0.1) is 32.8 Å². The van der Waals surface area contributed by atoms with Crippen molar-refractivity contribution >= 4 is 212 Å². The van der Waals surface area contributed by atoms with Gasteiger partial charge in [-0.3, -0.25) is 0 Å². The quantitative estimate of drug-likeness (QED) is 0.247. The van der Waals surface area contributed by atoms with E-state index in [4.69, 9.17) is 70.6 Å². The number of hydrogen-bond donors (Lipinski definition) is 0. The van der Waals surface area contributed by atoms with Crippen LogP contribution in [0.25, 0.3) is 0 Å². The van der Waals surface area contributed by atoms with Gasteiger partial charge in [-0.05, 0) is 141 Å². The maximum Gasteiger partial charge on any atom is 0.252 e. The highest BCUT2D eigenvalue weighted by molar-refractivity contribution is 7.00. The second-order valence-electron chi connectivity index (χ2n) is 25.3. The van der Waals surface area contributed by atoms with E-state index in [0.717, 1.165) is 57.6 Å². The van der Waals surface area contributed by atoms with Gasteiger partial charge in [0.1, 0.15) is 70.6 Å². The van der Waals surface area contributed by atoms with E-state index in [0.29, 0.717) is 16.8 Å². The van der Waals surface area contributed by atoms with Gasteiger partial charge in [0.05, 0.1) is 5.69 Å². The van der Waals surface area contributed by atoms with Gasteiger partial charge in [-0.1, -0.05) is 139 Å². The molecule has 0 fully saturated rings. The summed E-state index contributed by atoms with van der Waals surface area (Å²) in [5, 5.41) is 0. The first-order chi connectivity index (χ1) is 35.0. The largest absolute Gasteiger partial charge is 0.313 e. The number of nitrogens with zero attached hydrogens (tertiary/aromatic N) is 3. The van der Waals surface area contributed by atoms with Crippen molar-refractivity contribution in [1.29, 1.82) is 0 Å². The van der Waals surface area contributed by atoms with Crippen LogP contribution in [0.3, 0.4) is 0 Å². The Hall–Kier alpha value is -5.35. The zero-order valence-corrected chi connectivity index (χ0v) is 46.0. The highest BCUT2D eigenvalue weighted by atomic mass is 15.2. The lowest BCUT2D eigenvalue weighted by atomic mass is 9.33. The van der Waals surface area contributed by atoms with Crippen molar-refractivity contribution < 1.29 is 0 Å². The molecule has 3 aliphatic heterocycles. The van der Waals surface area contributed by atoms with E-state index >= 15 is 0 Å². The predicted molar refractivity (Wildman–Crippen MR) is 336 cm³/mol. The van der Waals surface area contributed by atoms with Crippen LogP contribution in [0.2, 0.25) is 0 Å². The Morgan fingerprint density at radius 1 is 0.453 bits per heavy atom. The normalized spacial score (nSPS) is 15.9. The second kappa shape index (κ2) is 17.1. The summed E-state index contributed by atoms with van der Waals surface area (Å²) in [5.41, 5.74) is 22.1. The first-order valence-corrected chi connectivity index (χ1v) is 26.2. The van der Waals surface area contributed by atoms with E-state index < -0.39 is 0 Å². The SMILES string of the molecule is [B]c1c([B])c([B])c(N2c3ccc4c(c3)N(c3cc(C(C)(C)C)cc5c3B4c3cc4c(cc3N5c3c(C)cccc3C)C(C)(C)CCC4(C)C)c3c(C)cc(C(C)(C)C)cc3[B]c3c([B])c([B])c([B])c([B])c32)c([B])c1[B]. The van der Waals surface area contributed by atoms with Crippen molar-refractivity contribution in [2.24, 2.45) is 0 Å². The fourth-order valence-corrected chi connectivity index (χ4v) is 12.7. The molecule has 0 atom stereocenters. The third-order valence-electron chi connectivity index (χ3n) is 17.3. The highest BCUT2D eigenvalue weighted by Gasteiger charge is 2.48. The smallest absolute Gasteiger partial charge is 0.252 e. The molecule has 3 heterocycles. The minimum atomic E-state index is -0.266. The molecule has 7 aromatic rings. The van der Waals surface area contributed by atoms with Crippen molar-refractivity contribution in [3.63, 3.8) is 0 Å². The third-order valence-corrected chi connectivity index (χ3v) is 17.3. The van der Waals surface area contributed by atoms with Crippen molar-refractivity contribution in [3.8, 4) is 0 Å². The molecule has 3 nitrogen and oxygen atoms in total. The maximum absolute atomic E-state index is 7.28. The van der Waals surface area contributed by atoms with Crippen molar-refractivity contribution in [1.82, 2.24) is 0 Å². The number of rotatable bonds is 2. The van der Waals surface area contributed by atoms with Gasteiger partial charge in [0.2, 0.25) is 0 Å². The van der Waals surface area contributed by atoms with Crippen LogP contribution in [0.15, 0.2) is 72.8 Å². The monoisotopic (exact) mass is 951 g/mol.